The van der Waals surface area contributed by atoms with E-state index >= 15 is 0 Å². The maximum Gasteiger partial charge on any atom is 0.274 e. The molecule has 0 saturated heterocycles. The van der Waals surface area contributed by atoms with E-state index < -0.39 is 0 Å². The predicted octanol–water partition coefficient (Wildman–Crippen LogP) is 4.01. The Bertz CT molecular complexity index is 678. The van der Waals surface area contributed by atoms with Gasteiger partial charge in [0.2, 0.25) is 0 Å². The molecule has 22 heavy (non-hydrogen) atoms. The van der Waals surface area contributed by atoms with Crippen LogP contribution in [0, 0.1) is 6.92 Å². The molecule has 116 valence electrons. The lowest BCUT2D eigenvalue weighted by Crippen LogP contribution is -2.27. The van der Waals surface area contributed by atoms with Crippen LogP contribution in [-0.2, 0) is 0 Å². The Morgan fingerprint density at radius 2 is 1.77 bits per heavy atom. The van der Waals surface area contributed by atoms with Gasteiger partial charge in [-0.05, 0) is 52.0 Å². The summed E-state index contributed by atoms with van der Waals surface area (Å²) in [7, 11) is 0. The van der Waals surface area contributed by atoms with Crippen molar-refractivity contribution in [3.63, 3.8) is 0 Å². The molecule has 2 aromatic rings. The number of anilines is 2. The van der Waals surface area contributed by atoms with E-state index in [1.807, 2.05) is 45.0 Å². The van der Waals surface area contributed by atoms with Crippen LogP contribution in [0.25, 0.3) is 0 Å². The number of benzene rings is 1. The van der Waals surface area contributed by atoms with Crippen molar-refractivity contribution in [3.8, 4) is 0 Å². The van der Waals surface area contributed by atoms with Crippen LogP contribution < -0.4 is 10.6 Å². The van der Waals surface area contributed by atoms with Crippen molar-refractivity contribution in [1.82, 2.24) is 9.97 Å². The Kier molecular flexibility index (Phi) is 4.81. The van der Waals surface area contributed by atoms with Gasteiger partial charge in [-0.1, -0.05) is 15.9 Å². The number of rotatable bonds is 3. The van der Waals surface area contributed by atoms with Gasteiger partial charge in [0.15, 0.2) is 0 Å². The lowest BCUT2D eigenvalue weighted by atomic mass is 10.1. The molecule has 0 aliphatic heterocycles. The summed E-state index contributed by atoms with van der Waals surface area (Å²) in [6.07, 6.45) is 0. The quantitative estimate of drug-likeness (QED) is 0.865. The Morgan fingerprint density at radius 3 is 2.36 bits per heavy atom. The van der Waals surface area contributed by atoms with Crippen molar-refractivity contribution in [1.29, 1.82) is 0 Å². The van der Waals surface area contributed by atoms with Gasteiger partial charge in [0.05, 0.1) is 0 Å². The molecule has 6 heteroatoms. The first-order valence-electron chi connectivity index (χ1n) is 6.94. The molecular weight excluding hydrogens is 344 g/mol. The molecule has 1 aromatic heterocycles. The fourth-order valence-corrected chi connectivity index (χ4v) is 2.12. The molecular formula is C16H19BrN4O. The van der Waals surface area contributed by atoms with Crippen molar-refractivity contribution in [2.24, 2.45) is 0 Å². The molecule has 0 unspecified atom stereocenters. The van der Waals surface area contributed by atoms with Crippen molar-refractivity contribution in [2.45, 2.75) is 33.2 Å². The minimum absolute atomic E-state index is 0.139. The first kappa shape index (κ1) is 16.4. The van der Waals surface area contributed by atoms with Crippen LogP contribution in [0.4, 0.5) is 11.5 Å². The molecule has 1 amide bonds. The second-order valence-electron chi connectivity index (χ2n) is 6.02. The van der Waals surface area contributed by atoms with E-state index in [1.165, 1.54) is 0 Å². The fraction of sp³-hybridized carbons (Fsp3) is 0.312. The number of hydrogen-bond acceptors (Lipinski definition) is 4. The summed E-state index contributed by atoms with van der Waals surface area (Å²) in [5.41, 5.74) is 0.914. The lowest BCUT2D eigenvalue weighted by Gasteiger charge is -2.21. The molecule has 0 atom stereocenters. The topological polar surface area (TPSA) is 66.9 Å². The Hall–Kier alpha value is -1.95. The zero-order valence-electron chi connectivity index (χ0n) is 13.1. The van der Waals surface area contributed by atoms with E-state index in [0.29, 0.717) is 17.3 Å². The highest BCUT2D eigenvalue weighted by atomic mass is 79.9. The summed E-state index contributed by atoms with van der Waals surface area (Å²) >= 11 is 3.36. The average Bonchev–Trinajstić information content (AvgIpc) is 2.38. The van der Waals surface area contributed by atoms with Crippen LogP contribution in [0.2, 0.25) is 0 Å². The summed E-state index contributed by atoms with van der Waals surface area (Å²) in [5, 5.41) is 6.08. The van der Waals surface area contributed by atoms with Gasteiger partial charge in [0.25, 0.3) is 5.91 Å². The number of hydrogen-bond donors (Lipinski definition) is 2. The minimum Gasteiger partial charge on any atom is -0.365 e. The van der Waals surface area contributed by atoms with E-state index in [2.05, 4.69) is 36.5 Å². The molecule has 0 fully saturated rings. The number of carbonyl (C=O) groups excluding carboxylic acids is 1. The van der Waals surface area contributed by atoms with E-state index in [9.17, 15) is 4.79 Å². The fourth-order valence-electron chi connectivity index (χ4n) is 1.86. The summed E-state index contributed by atoms with van der Waals surface area (Å²) in [4.78, 5) is 20.8. The van der Waals surface area contributed by atoms with Gasteiger partial charge >= 0.3 is 0 Å². The van der Waals surface area contributed by atoms with Crippen LogP contribution in [-0.4, -0.2) is 21.4 Å². The molecule has 2 rings (SSSR count). The molecule has 0 bridgehead atoms. The normalized spacial score (nSPS) is 11.1. The van der Waals surface area contributed by atoms with Gasteiger partial charge in [0.1, 0.15) is 17.3 Å². The van der Waals surface area contributed by atoms with E-state index in [0.717, 1.165) is 10.2 Å². The zero-order chi connectivity index (χ0) is 16.3. The second kappa shape index (κ2) is 6.44. The van der Waals surface area contributed by atoms with Crippen LogP contribution in [0.15, 0.2) is 34.8 Å². The number of aryl methyl sites for hydroxylation is 1. The Morgan fingerprint density at radius 1 is 1.14 bits per heavy atom. The monoisotopic (exact) mass is 362 g/mol. The van der Waals surface area contributed by atoms with E-state index in [-0.39, 0.29) is 11.4 Å². The largest absolute Gasteiger partial charge is 0.365 e. The van der Waals surface area contributed by atoms with E-state index in [1.54, 1.807) is 13.0 Å². The van der Waals surface area contributed by atoms with Gasteiger partial charge < -0.3 is 10.6 Å². The third kappa shape index (κ3) is 4.80. The molecule has 1 aromatic carbocycles. The predicted molar refractivity (Wildman–Crippen MR) is 92.2 cm³/mol. The van der Waals surface area contributed by atoms with Gasteiger partial charge in [-0.2, -0.15) is 0 Å². The van der Waals surface area contributed by atoms with E-state index in [4.69, 9.17) is 0 Å². The number of halogens is 1. The minimum atomic E-state index is -0.259. The Labute approximate surface area is 138 Å². The van der Waals surface area contributed by atoms with Gasteiger partial charge in [0, 0.05) is 21.8 Å². The van der Waals surface area contributed by atoms with Crippen molar-refractivity contribution >= 4 is 33.3 Å². The van der Waals surface area contributed by atoms with Crippen LogP contribution in [0.5, 0.6) is 0 Å². The Balaban J connectivity index is 2.20. The average molecular weight is 363 g/mol. The molecule has 5 nitrogen and oxygen atoms in total. The summed E-state index contributed by atoms with van der Waals surface area (Å²) in [6.45, 7) is 7.87. The standard InChI is InChI=1S/C16H19BrN4O/c1-10-18-13(9-14(19-10)21-16(2,3)4)15(22)20-12-7-5-11(17)6-8-12/h5-9H,1-4H3,(H,20,22)(H,18,19,21). The highest BCUT2D eigenvalue weighted by molar-refractivity contribution is 9.10. The molecule has 0 spiro atoms. The SMILES string of the molecule is Cc1nc(NC(C)(C)C)cc(C(=O)Nc2ccc(Br)cc2)n1. The first-order valence-corrected chi connectivity index (χ1v) is 7.73. The molecule has 0 saturated carbocycles. The van der Waals surface area contributed by atoms with Gasteiger partial charge in [-0.3, -0.25) is 4.79 Å². The van der Waals surface area contributed by atoms with Crippen LogP contribution in [0.3, 0.4) is 0 Å². The van der Waals surface area contributed by atoms with Crippen LogP contribution in [0.1, 0.15) is 37.1 Å². The third-order valence-corrected chi connectivity index (χ3v) is 3.20. The van der Waals surface area contributed by atoms with Crippen molar-refractivity contribution in [3.05, 3.63) is 46.3 Å². The molecule has 0 aliphatic rings. The molecule has 0 radical (unpaired) electrons. The van der Waals surface area contributed by atoms with Crippen molar-refractivity contribution in [2.75, 3.05) is 10.6 Å². The number of nitrogens with zero attached hydrogens (tertiary/aromatic N) is 2. The number of aromatic nitrogens is 2. The van der Waals surface area contributed by atoms with Gasteiger partial charge in [-0.15, -0.1) is 0 Å². The maximum atomic E-state index is 12.3. The highest BCUT2D eigenvalue weighted by Crippen LogP contribution is 2.17. The van der Waals surface area contributed by atoms with Crippen molar-refractivity contribution < 1.29 is 4.79 Å². The molecule has 0 aliphatic carbocycles. The third-order valence-electron chi connectivity index (χ3n) is 2.68. The number of carbonyl (C=O) groups is 1. The highest BCUT2D eigenvalue weighted by Gasteiger charge is 2.15. The second-order valence-corrected chi connectivity index (χ2v) is 6.94. The number of nitrogens with one attached hydrogen (secondary N) is 2. The summed E-state index contributed by atoms with van der Waals surface area (Å²) < 4.78 is 0.958. The maximum absolute atomic E-state index is 12.3. The molecule has 1 heterocycles. The first-order chi connectivity index (χ1) is 10.2. The lowest BCUT2D eigenvalue weighted by molar-refractivity contribution is 0.102. The number of amides is 1. The summed E-state index contributed by atoms with van der Waals surface area (Å²) in [6, 6.07) is 9.04. The summed E-state index contributed by atoms with van der Waals surface area (Å²) in [5.74, 6) is 0.931. The zero-order valence-corrected chi connectivity index (χ0v) is 14.7. The molecule has 2 N–H and O–H groups in total. The van der Waals surface area contributed by atoms with Crippen LogP contribution >= 0.6 is 15.9 Å². The van der Waals surface area contributed by atoms with Gasteiger partial charge in [-0.25, -0.2) is 9.97 Å². The smallest absolute Gasteiger partial charge is 0.274 e.